The molecule has 17 heavy (non-hydrogen) atoms. The Hall–Kier alpha value is -1.31. The summed E-state index contributed by atoms with van der Waals surface area (Å²) in [6.45, 7) is 8.16. The fraction of sp³-hybridized carbons (Fsp3) is 0.533. The average molecular weight is 232 g/mol. The first-order valence-corrected chi connectivity index (χ1v) is 6.22. The van der Waals surface area contributed by atoms with Crippen molar-refractivity contribution in [3.05, 3.63) is 36.0 Å². The van der Waals surface area contributed by atoms with Crippen molar-refractivity contribution < 1.29 is 9.90 Å². The Balaban J connectivity index is 2.19. The molecule has 1 saturated carbocycles. The molecule has 0 aromatic heterocycles. The standard InChI is InChI=1S/C15H20O2/c1-10-5-4-7-15(3)8-6-12(9-13(10)15)11(2)14(16)17/h4-5,7,12-13H,2,6,8-9H2,1,3H3,(H,16,17)/t12-,13+,15-/m1/s1. The van der Waals surface area contributed by atoms with Gasteiger partial charge in [0.15, 0.2) is 0 Å². The Kier molecular flexibility index (Phi) is 2.98. The molecule has 2 nitrogen and oxygen atoms in total. The highest BCUT2D eigenvalue weighted by molar-refractivity contribution is 5.86. The Morgan fingerprint density at radius 2 is 2.29 bits per heavy atom. The summed E-state index contributed by atoms with van der Waals surface area (Å²) < 4.78 is 0. The third-order valence-corrected chi connectivity index (χ3v) is 4.50. The van der Waals surface area contributed by atoms with Crippen LogP contribution in [0.3, 0.4) is 0 Å². The van der Waals surface area contributed by atoms with Gasteiger partial charge in [-0.1, -0.05) is 37.3 Å². The summed E-state index contributed by atoms with van der Waals surface area (Å²) in [5, 5.41) is 9.03. The lowest BCUT2D eigenvalue weighted by Gasteiger charge is -2.45. The predicted molar refractivity (Wildman–Crippen MR) is 68.6 cm³/mol. The third-order valence-electron chi connectivity index (χ3n) is 4.50. The van der Waals surface area contributed by atoms with E-state index in [-0.39, 0.29) is 11.3 Å². The van der Waals surface area contributed by atoms with Crippen LogP contribution in [0.5, 0.6) is 0 Å². The molecule has 0 aromatic rings. The van der Waals surface area contributed by atoms with Crippen LogP contribution in [0.2, 0.25) is 0 Å². The maximum atomic E-state index is 11.0. The molecule has 0 unspecified atom stereocenters. The zero-order valence-corrected chi connectivity index (χ0v) is 10.6. The van der Waals surface area contributed by atoms with Gasteiger partial charge < -0.3 is 5.11 Å². The van der Waals surface area contributed by atoms with Crippen molar-refractivity contribution in [3.63, 3.8) is 0 Å². The normalized spacial score (nSPS) is 36.0. The van der Waals surface area contributed by atoms with Crippen LogP contribution in [-0.2, 0) is 4.79 Å². The molecule has 0 amide bonds. The molecule has 0 bridgehead atoms. The fourth-order valence-electron chi connectivity index (χ4n) is 3.26. The lowest BCUT2D eigenvalue weighted by Crippen LogP contribution is -2.36. The Labute approximate surface area is 103 Å². The van der Waals surface area contributed by atoms with E-state index in [2.05, 4.69) is 38.7 Å². The third kappa shape index (κ3) is 2.08. The van der Waals surface area contributed by atoms with Gasteiger partial charge in [0.2, 0.25) is 0 Å². The smallest absolute Gasteiger partial charge is 0.331 e. The maximum absolute atomic E-state index is 11.0. The van der Waals surface area contributed by atoms with E-state index in [0.29, 0.717) is 11.5 Å². The molecule has 1 N–H and O–H groups in total. The topological polar surface area (TPSA) is 37.3 Å². The van der Waals surface area contributed by atoms with E-state index in [9.17, 15) is 4.79 Å². The Bertz CT molecular complexity index is 417. The number of aliphatic carboxylic acids is 1. The molecule has 2 heteroatoms. The molecular weight excluding hydrogens is 212 g/mol. The van der Waals surface area contributed by atoms with Crippen LogP contribution in [0.25, 0.3) is 0 Å². The molecule has 0 aromatic carbocycles. The van der Waals surface area contributed by atoms with E-state index in [1.54, 1.807) is 0 Å². The van der Waals surface area contributed by atoms with Gasteiger partial charge in [-0.2, -0.15) is 0 Å². The van der Waals surface area contributed by atoms with E-state index in [4.69, 9.17) is 5.11 Å². The number of carboxylic acids is 1. The van der Waals surface area contributed by atoms with Crippen LogP contribution < -0.4 is 0 Å². The highest BCUT2D eigenvalue weighted by atomic mass is 16.4. The summed E-state index contributed by atoms with van der Waals surface area (Å²) in [6, 6.07) is 0. The minimum Gasteiger partial charge on any atom is -0.478 e. The van der Waals surface area contributed by atoms with Gasteiger partial charge >= 0.3 is 5.97 Å². The summed E-state index contributed by atoms with van der Waals surface area (Å²) >= 11 is 0. The predicted octanol–water partition coefficient (Wildman–Crippen LogP) is 3.57. The van der Waals surface area contributed by atoms with Crippen LogP contribution in [0.15, 0.2) is 36.0 Å². The molecule has 0 spiro atoms. The van der Waals surface area contributed by atoms with Gasteiger partial charge in [-0.3, -0.25) is 0 Å². The van der Waals surface area contributed by atoms with E-state index in [1.807, 2.05) is 0 Å². The second-order valence-electron chi connectivity index (χ2n) is 5.63. The van der Waals surface area contributed by atoms with Gasteiger partial charge in [0.1, 0.15) is 0 Å². The van der Waals surface area contributed by atoms with Crippen molar-refractivity contribution in [2.45, 2.75) is 33.1 Å². The van der Waals surface area contributed by atoms with E-state index < -0.39 is 5.97 Å². The number of carboxylic acid groups (broad SMARTS) is 1. The summed E-state index contributed by atoms with van der Waals surface area (Å²) in [5.74, 6) is -0.227. The average Bonchev–Trinajstić information content (AvgIpc) is 2.27. The van der Waals surface area contributed by atoms with Crippen molar-refractivity contribution in [1.29, 1.82) is 0 Å². The first-order valence-electron chi connectivity index (χ1n) is 6.22. The van der Waals surface area contributed by atoms with Crippen LogP contribution in [0.1, 0.15) is 33.1 Å². The van der Waals surface area contributed by atoms with Crippen LogP contribution in [-0.4, -0.2) is 11.1 Å². The quantitative estimate of drug-likeness (QED) is 0.739. The first-order chi connectivity index (χ1) is 7.94. The maximum Gasteiger partial charge on any atom is 0.331 e. The van der Waals surface area contributed by atoms with Crippen molar-refractivity contribution in [2.24, 2.45) is 17.3 Å². The van der Waals surface area contributed by atoms with Crippen LogP contribution in [0.4, 0.5) is 0 Å². The summed E-state index contributed by atoms with van der Waals surface area (Å²) in [7, 11) is 0. The van der Waals surface area contributed by atoms with Crippen molar-refractivity contribution in [2.75, 3.05) is 0 Å². The number of allylic oxidation sites excluding steroid dienone is 4. The highest BCUT2D eigenvalue weighted by Crippen LogP contribution is 2.50. The zero-order valence-electron chi connectivity index (χ0n) is 10.6. The van der Waals surface area contributed by atoms with Crippen LogP contribution >= 0.6 is 0 Å². The van der Waals surface area contributed by atoms with E-state index in [0.717, 1.165) is 19.3 Å². The molecule has 92 valence electrons. The largest absolute Gasteiger partial charge is 0.478 e. The second-order valence-corrected chi connectivity index (χ2v) is 5.63. The van der Waals surface area contributed by atoms with Gasteiger partial charge in [-0.15, -0.1) is 0 Å². The van der Waals surface area contributed by atoms with Crippen molar-refractivity contribution in [1.82, 2.24) is 0 Å². The van der Waals surface area contributed by atoms with Crippen LogP contribution in [0, 0.1) is 17.3 Å². The highest BCUT2D eigenvalue weighted by Gasteiger charge is 2.41. The monoisotopic (exact) mass is 232 g/mol. The van der Waals surface area contributed by atoms with Crippen molar-refractivity contribution >= 4 is 5.97 Å². The first kappa shape index (κ1) is 12.2. The Morgan fingerprint density at radius 1 is 1.59 bits per heavy atom. The van der Waals surface area contributed by atoms with E-state index >= 15 is 0 Å². The molecule has 3 atom stereocenters. The van der Waals surface area contributed by atoms with Gasteiger partial charge in [-0.25, -0.2) is 4.79 Å². The molecule has 0 heterocycles. The summed E-state index contributed by atoms with van der Waals surface area (Å²) in [5.41, 5.74) is 1.97. The summed E-state index contributed by atoms with van der Waals surface area (Å²) in [4.78, 5) is 11.0. The molecule has 0 radical (unpaired) electrons. The number of rotatable bonds is 2. The molecule has 0 saturated heterocycles. The number of fused-ring (bicyclic) bond motifs is 1. The molecule has 2 aliphatic carbocycles. The van der Waals surface area contributed by atoms with Crippen molar-refractivity contribution in [3.8, 4) is 0 Å². The van der Waals surface area contributed by atoms with Gasteiger partial charge in [0.25, 0.3) is 0 Å². The van der Waals surface area contributed by atoms with Gasteiger partial charge in [0, 0.05) is 5.57 Å². The minimum atomic E-state index is -0.841. The molecule has 1 fully saturated rings. The zero-order chi connectivity index (χ0) is 12.6. The van der Waals surface area contributed by atoms with Gasteiger partial charge in [-0.05, 0) is 43.4 Å². The lowest BCUT2D eigenvalue weighted by molar-refractivity contribution is -0.133. The fourth-order valence-corrected chi connectivity index (χ4v) is 3.26. The SMILES string of the molecule is C=C(C(=O)O)[C@@H]1CC[C@@]2(C)C=CC=C(C)[C@@H]2C1. The number of hydrogen-bond acceptors (Lipinski definition) is 1. The lowest BCUT2D eigenvalue weighted by atomic mass is 9.59. The molecular formula is C15H20O2. The Morgan fingerprint density at radius 3 is 2.94 bits per heavy atom. The second kappa shape index (κ2) is 4.17. The minimum absolute atomic E-state index is 0.139. The summed E-state index contributed by atoms with van der Waals surface area (Å²) in [6.07, 6.45) is 9.49. The number of carbonyl (C=O) groups is 1. The van der Waals surface area contributed by atoms with Gasteiger partial charge in [0.05, 0.1) is 0 Å². The molecule has 2 rings (SSSR count). The molecule has 0 aliphatic heterocycles. The number of hydrogen-bond donors (Lipinski definition) is 1. The molecule has 2 aliphatic rings. The van der Waals surface area contributed by atoms with E-state index in [1.165, 1.54) is 5.57 Å².